The Hall–Kier alpha value is -1.06. The summed E-state index contributed by atoms with van der Waals surface area (Å²) in [5.41, 5.74) is 5.49. The van der Waals surface area contributed by atoms with E-state index < -0.39 is 0 Å². The minimum Gasteiger partial charge on any atom is -0.493 e. The number of rotatable bonds is 7. The highest BCUT2D eigenvalue weighted by atomic mass is 16.5. The van der Waals surface area contributed by atoms with Gasteiger partial charge in [0, 0.05) is 18.0 Å². The minimum absolute atomic E-state index is 0.218. The number of nitrogens with one attached hydrogen (secondary N) is 1. The lowest BCUT2D eigenvalue weighted by atomic mass is 9.97. The summed E-state index contributed by atoms with van der Waals surface area (Å²) in [7, 11) is 0. The Labute approximate surface area is 110 Å². The minimum atomic E-state index is 0.218. The highest BCUT2D eigenvalue weighted by Gasteiger charge is 2.20. The van der Waals surface area contributed by atoms with Crippen molar-refractivity contribution in [2.45, 2.75) is 51.5 Å². The van der Waals surface area contributed by atoms with Crippen molar-refractivity contribution < 1.29 is 4.74 Å². The van der Waals surface area contributed by atoms with Crippen LogP contribution in [0.25, 0.3) is 0 Å². The van der Waals surface area contributed by atoms with E-state index in [0.29, 0.717) is 0 Å². The van der Waals surface area contributed by atoms with E-state index >= 15 is 0 Å². The molecule has 3 heteroatoms. The zero-order valence-electron chi connectivity index (χ0n) is 11.2. The monoisotopic (exact) mass is 248 g/mol. The van der Waals surface area contributed by atoms with Crippen LogP contribution in [-0.2, 0) is 6.42 Å². The molecule has 1 aliphatic heterocycles. The van der Waals surface area contributed by atoms with Gasteiger partial charge in [0.25, 0.3) is 0 Å². The summed E-state index contributed by atoms with van der Waals surface area (Å²) < 4.78 is 5.74. The molecule has 0 saturated carbocycles. The van der Waals surface area contributed by atoms with Crippen LogP contribution < -0.4 is 16.0 Å². The molecule has 0 bridgehead atoms. The third kappa shape index (κ3) is 3.03. The Bertz CT molecular complexity index is 379. The highest BCUT2D eigenvalue weighted by Crippen LogP contribution is 2.34. The number of hydrogen-bond donors (Lipinski definition) is 2. The predicted molar refractivity (Wildman–Crippen MR) is 74.5 cm³/mol. The molecule has 1 atom stereocenters. The van der Waals surface area contributed by atoms with Crippen LogP contribution in [0.2, 0.25) is 0 Å². The zero-order chi connectivity index (χ0) is 12.8. The number of nitrogens with two attached hydrogens (primary N) is 1. The Morgan fingerprint density at radius 3 is 3.00 bits per heavy atom. The molecule has 0 radical (unpaired) electrons. The van der Waals surface area contributed by atoms with Crippen molar-refractivity contribution in [3.63, 3.8) is 0 Å². The summed E-state index contributed by atoms with van der Waals surface area (Å²) in [6.45, 7) is 3.04. The van der Waals surface area contributed by atoms with Crippen LogP contribution in [0.1, 0.15) is 56.2 Å². The van der Waals surface area contributed by atoms with Crippen LogP contribution >= 0.6 is 0 Å². The van der Waals surface area contributed by atoms with Gasteiger partial charge in [0.05, 0.1) is 6.61 Å². The fraction of sp³-hybridized carbons (Fsp3) is 0.600. The molecule has 3 nitrogen and oxygen atoms in total. The number of ether oxygens (including phenoxy) is 1. The molecule has 0 aromatic heterocycles. The third-order valence-corrected chi connectivity index (χ3v) is 3.67. The molecule has 0 spiro atoms. The molecule has 1 unspecified atom stereocenters. The third-order valence-electron chi connectivity index (χ3n) is 3.67. The molecular weight excluding hydrogens is 224 g/mol. The summed E-state index contributed by atoms with van der Waals surface area (Å²) in [5, 5.41) is 0. The fourth-order valence-electron chi connectivity index (χ4n) is 2.62. The quantitative estimate of drug-likeness (QED) is 0.443. The standard InChI is InChI=1S/C15H24N2O/c1-2-3-4-5-9-14(17-16)13-8-6-7-12-10-11-18-15(12)13/h6-8,14,17H,2-5,9-11,16H2,1H3. The SMILES string of the molecule is CCCCCCC(NN)c1cccc2c1OCC2. The Morgan fingerprint density at radius 2 is 2.22 bits per heavy atom. The Kier molecular flexibility index (Phi) is 5.02. The topological polar surface area (TPSA) is 47.3 Å². The molecule has 0 fully saturated rings. The van der Waals surface area contributed by atoms with Crippen LogP contribution in [0.15, 0.2) is 18.2 Å². The summed E-state index contributed by atoms with van der Waals surface area (Å²) >= 11 is 0. The van der Waals surface area contributed by atoms with Gasteiger partial charge in [-0.1, -0.05) is 50.8 Å². The highest BCUT2D eigenvalue weighted by molar-refractivity contribution is 5.45. The van der Waals surface area contributed by atoms with Gasteiger partial charge < -0.3 is 4.74 Å². The normalized spacial score (nSPS) is 15.2. The number of fused-ring (bicyclic) bond motifs is 1. The first-order valence-corrected chi connectivity index (χ1v) is 7.07. The second kappa shape index (κ2) is 6.76. The van der Waals surface area contributed by atoms with Crippen molar-refractivity contribution in [3.8, 4) is 5.75 Å². The van der Waals surface area contributed by atoms with Gasteiger partial charge in [-0.15, -0.1) is 0 Å². The van der Waals surface area contributed by atoms with Crippen molar-refractivity contribution in [1.29, 1.82) is 0 Å². The summed E-state index contributed by atoms with van der Waals surface area (Å²) in [6.07, 6.45) is 7.18. The van der Waals surface area contributed by atoms with Gasteiger partial charge in [-0.3, -0.25) is 11.3 Å². The van der Waals surface area contributed by atoms with Crippen molar-refractivity contribution in [2.24, 2.45) is 5.84 Å². The smallest absolute Gasteiger partial charge is 0.127 e. The van der Waals surface area contributed by atoms with Gasteiger partial charge in [0.1, 0.15) is 5.75 Å². The lowest BCUT2D eigenvalue weighted by molar-refractivity contribution is 0.346. The number of benzene rings is 1. The largest absolute Gasteiger partial charge is 0.493 e. The van der Waals surface area contributed by atoms with Crippen LogP contribution in [0.5, 0.6) is 5.75 Å². The molecule has 100 valence electrons. The molecule has 1 aromatic rings. The van der Waals surface area contributed by atoms with Gasteiger partial charge in [-0.2, -0.15) is 0 Å². The van der Waals surface area contributed by atoms with E-state index in [2.05, 4.69) is 30.5 Å². The summed E-state index contributed by atoms with van der Waals surface area (Å²) in [4.78, 5) is 0. The fourth-order valence-corrected chi connectivity index (χ4v) is 2.62. The van der Waals surface area contributed by atoms with Crippen molar-refractivity contribution in [1.82, 2.24) is 5.43 Å². The lowest BCUT2D eigenvalue weighted by Gasteiger charge is -2.18. The predicted octanol–water partition coefficient (Wildman–Crippen LogP) is 3.10. The molecule has 2 rings (SSSR count). The van der Waals surface area contributed by atoms with Gasteiger partial charge in [-0.25, -0.2) is 0 Å². The first kappa shape index (κ1) is 13.4. The zero-order valence-corrected chi connectivity index (χ0v) is 11.2. The van der Waals surface area contributed by atoms with Crippen LogP contribution in [-0.4, -0.2) is 6.61 Å². The van der Waals surface area contributed by atoms with E-state index in [9.17, 15) is 0 Å². The van der Waals surface area contributed by atoms with Gasteiger partial charge in [-0.05, 0) is 12.0 Å². The molecule has 1 heterocycles. The average Bonchev–Trinajstić information content (AvgIpc) is 2.87. The van der Waals surface area contributed by atoms with Crippen LogP contribution in [0, 0.1) is 0 Å². The first-order valence-electron chi connectivity index (χ1n) is 7.07. The maximum Gasteiger partial charge on any atom is 0.127 e. The second-order valence-electron chi connectivity index (χ2n) is 5.00. The van der Waals surface area contributed by atoms with Crippen molar-refractivity contribution >= 4 is 0 Å². The molecule has 1 aromatic carbocycles. The molecule has 0 saturated heterocycles. The molecule has 0 amide bonds. The number of hydrogen-bond acceptors (Lipinski definition) is 3. The van der Waals surface area contributed by atoms with Crippen LogP contribution in [0.3, 0.4) is 0 Å². The lowest BCUT2D eigenvalue weighted by Crippen LogP contribution is -2.28. The van der Waals surface area contributed by atoms with Gasteiger partial charge in [0.15, 0.2) is 0 Å². The van der Waals surface area contributed by atoms with Gasteiger partial charge in [0.2, 0.25) is 0 Å². The van der Waals surface area contributed by atoms with E-state index in [1.807, 2.05) is 0 Å². The molecule has 18 heavy (non-hydrogen) atoms. The molecular formula is C15H24N2O. The average molecular weight is 248 g/mol. The maximum atomic E-state index is 5.74. The summed E-state index contributed by atoms with van der Waals surface area (Å²) in [6, 6.07) is 6.61. The molecule has 0 aliphatic carbocycles. The Balaban J connectivity index is 2.01. The Morgan fingerprint density at radius 1 is 1.33 bits per heavy atom. The van der Waals surface area contributed by atoms with Crippen molar-refractivity contribution in [3.05, 3.63) is 29.3 Å². The van der Waals surface area contributed by atoms with E-state index in [1.54, 1.807) is 0 Å². The second-order valence-corrected chi connectivity index (χ2v) is 5.00. The van der Waals surface area contributed by atoms with Crippen molar-refractivity contribution in [2.75, 3.05) is 6.61 Å². The van der Waals surface area contributed by atoms with E-state index in [-0.39, 0.29) is 6.04 Å². The van der Waals surface area contributed by atoms with Gasteiger partial charge >= 0.3 is 0 Å². The number of unbranched alkanes of at least 4 members (excludes halogenated alkanes) is 3. The number of para-hydroxylation sites is 1. The summed E-state index contributed by atoms with van der Waals surface area (Å²) in [5.74, 6) is 6.77. The molecule has 3 N–H and O–H groups in total. The maximum absolute atomic E-state index is 5.74. The number of hydrazine groups is 1. The van der Waals surface area contributed by atoms with Crippen LogP contribution in [0.4, 0.5) is 0 Å². The van der Waals surface area contributed by atoms with E-state index in [0.717, 1.165) is 25.2 Å². The first-order chi connectivity index (χ1) is 8.86. The van der Waals surface area contributed by atoms with E-state index in [4.69, 9.17) is 10.6 Å². The molecule has 1 aliphatic rings. The van der Waals surface area contributed by atoms with E-state index in [1.165, 1.54) is 36.8 Å².